The predicted octanol–water partition coefficient (Wildman–Crippen LogP) is 1.92. The molecule has 1 N–H and O–H groups in total. The van der Waals surface area contributed by atoms with Gasteiger partial charge in [0.2, 0.25) is 0 Å². The molecule has 1 aromatic rings. The van der Waals surface area contributed by atoms with Crippen molar-refractivity contribution in [2.75, 3.05) is 32.9 Å². The van der Waals surface area contributed by atoms with Crippen LogP contribution in [0.5, 0.6) is 0 Å². The van der Waals surface area contributed by atoms with Crippen molar-refractivity contribution in [3.63, 3.8) is 0 Å². The molecule has 0 saturated carbocycles. The van der Waals surface area contributed by atoms with Gasteiger partial charge in [-0.1, -0.05) is 17.7 Å². The fraction of sp³-hybridized carbons (Fsp3) is 0.538. The molecule has 1 unspecified atom stereocenters. The number of rotatable bonds is 3. The maximum Gasteiger partial charge on any atom is 0.129 e. The van der Waals surface area contributed by atoms with Crippen LogP contribution in [0.3, 0.4) is 0 Å². The number of ether oxygens (including phenoxy) is 1. The maximum atomic E-state index is 13.7. The molecule has 0 spiro atoms. The Morgan fingerprint density at radius 2 is 2.33 bits per heavy atom. The van der Waals surface area contributed by atoms with Crippen LogP contribution in [0.1, 0.15) is 5.56 Å². The van der Waals surface area contributed by atoms with Gasteiger partial charge in [-0.05, 0) is 12.1 Å². The summed E-state index contributed by atoms with van der Waals surface area (Å²) < 4.78 is 19.1. The molecular weight excluding hydrogens is 257 g/mol. The van der Waals surface area contributed by atoms with Crippen molar-refractivity contribution in [3.8, 4) is 0 Å². The Balaban J connectivity index is 2.07. The number of nitrogens with zero attached hydrogens (tertiary/aromatic N) is 1. The summed E-state index contributed by atoms with van der Waals surface area (Å²) in [5, 5.41) is 9.65. The quantitative estimate of drug-likeness (QED) is 0.913. The van der Waals surface area contributed by atoms with Crippen molar-refractivity contribution in [2.24, 2.45) is 5.92 Å². The van der Waals surface area contributed by atoms with E-state index >= 15 is 0 Å². The van der Waals surface area contributed by atoms with E-state index in [1.54, 1.807) is 12.1 Å². The van der Waals surface area contributed by atoms with Crippen LogP contribution in [0.4, 0.5) is 4.39 Å². The van der Waals surface area contributed by atoms with Gasteiger partial charge in [0.1, 0.15) is 5.82 Å². The van der Waals surface area contributed by atoms with Gasteiger partial charge in [-0.2, -0.15) is 0 Å². The van der Waals surface area contributed by atoms with Gasteiger partial charge in [-0.15, -0.1) is 0 Å². The van der Waals surface area contributed by atoms with Gasteiger partial charge in [0.05, 0.1) is 13.2 Å². The highest BCUT2D eigenvalue weighted by Gasteiger charge is 2.20. The smallest absolute Gasteiger partial charge is 0.129 e. The number of halogens is 2. The molecule has 0 aromatic heterocycles. The molecule has 1 aromatic carbocycles. The molecule has 1 atom stereocenters. The summed E-state index contributed by atoms with van der Waals surface area (Å²) in [6, 6.07) is 4.71. The molecule has 18 heavy (non-hydrogen) atoms. The Bertz CT molecular complexity index is 382. The van der Waals surface area contributed by atoms with Gasteiger partial charge in [0.15, 0.2) is 0 Å². The van der Waals surface area contributed by atoms with Crippen LogP contribution in [0.15, 0.2) is 18.2 Å². The third-order valence-corrected chi connectivity index (χ3v) is 3.48. The largest absolute Gasteiger partial charge is 0.396 e. The third-order valence-electron chi connectivity index (χ3n) is 3.12. The van der Waals surface area contributed by atoms with Gasteiger partial charge in [0, 0.05) is 42.7 Å². The van der Waals surface area contributed by atoms with Crippen LogP contribution < -0.4 is 0 Å². The van der Waals surface area contributed by atoms with Crippen LogP contribution >= 0.6 is 11.6 Å². The van der Waals surface area contributed by atoms with Crippen LogP contribution in [0, 0.1) is 11.7 Å². The zero-order valence-corrected chi connectivity index (χ0v) is 10.9. The molecule has 100 valence electrons. The summed E-state index contributed by atoms with van der Waals surface area (Å²) in [5.74, 6) is -0.203. The Morgan fingerprint density at radius 1 is 1.50 bits per heavy atom. The Morgan fingerprint density at radius 3 is 3.06 bits per heavy atom. The number of aliphatic hydroxyl groups is 1. The minimum Gasteiger partial charge on any atom is -0.396 e. The molecular formula is C13H17ClFNO2. The molecule has 1 aliphatic rings. The molecule has 0 bridgehead atoms. The van der Waals surface area contributed by atoms with Crippen LogP contribution in [-0.4, -0.2) is 42.9 Å². The highest BCUT2D eigenvalue weighted by atomic mass is 35.5. The first kappa shape index (κ1) is 13.7. The lowest BCUT2D eigenvalue weighted by Crippen LogP contribution is -2.31. The topological polar surface area (TPSA) is 32.7 Å². The minimum atomic E-state index is -0.284. The van der Waals surface area contributed by atoms with Crippen LogP contribution in [0.2, 0.25) is 5.02 Å². The van der Waals surface area contributed by atoms with Gasteiger partial charge >= 0.3 is 0 Å². The molecule has 5 heteroatoms. The SMILES string of the molecule is OCC1COCCN(Cc2c(F)cccc2Cl)C1. The molecule has 1 saturated heterocycles. The first-order valence-electron chi connectivity index (χ1n) is 6.04. The van der Waals surface area contributed by atoms with Gasteiger partial charge < -0.3 is 9.84 Å². The lowest BCUT2D eigenvalue weighted by atomic mass is 10.1. The third kappa shape index (κ3) is 3.42. The summed E-state index contributed by atoms with van der Waals surface area (Å²) >= 11 is 6.01. The van der Waals surface area contributed by atoms with E-state index in [0.29, 0.717) is 36.9 Å². The van der Waals surface area contributed by atoms with Crippen molar-refractivity contribution in [1.82, 2.24) is 4.90 Å². The standard InChI is InChI=1S/C13H17ClFNO2/c14-12-2-1-3-13(15)11(12)7-16-4-5-18-9-10(6-16)8-17/h1-3,10,17H,4-9H2. The van der Waals surface area contributed by atoms with E-state index in [1.807, 2.05) is 0 Å². The minimum absolute atomic E-state index is 0.0815. The van der Waals surface area contributed by atoms with Gasteiger partial charge in [-0.25, -0.2) is 4.39 Å². The fourth-order valence-corrected chi connectivity index (χ4v) is 2.34. The summed E-state index contributed by atoms with van der Waals surface area (Å²) in [7, 11) is 0. The van der Waals surface area contributed by atoms with E-state index in [9.17, 15) is 9.50 Å². The van der Waals surface area contributed by atoms with E-state index in [0.717, 1.165) is 6.54 Å². The summed E-state index contributed by atoms with van der Waals surface area (Å²) in [5.41, 5.74) is 0.512. The lowest BCUT2D eigenvalue weighted by molar-refractivity contribution is 0.0958. The van der Waals surface area contributed by atoms with E-state index in [-0.39, 0.29) is 18.3 Å². The monoisotopic (exact) mass is 273 g/mol. The van der Waals surface area contributed by atoms with Crippen molar-refractivity contribution < 1.29 is 14.2 Å². The molecule has 0 aliphatic carbocycles. The number of aliphatic hydroxyl groups excluding tert-OH is 1. The van der Waals surface area contributed by atoms with Gasteiger partial charge in [0.25, 0.3) is 0 Å². The molecule has 3 nitrogen and oxygen atoms in total. The van der Waals surface area contributed by atoms with E-state index in [2.05, 4.69) is 4.90 Å². The average molecular weight is 274 g/mol. The van der Waals surface area contributed by atoms with Crippen molar-refractivity contribution in [2.45, 2.75) is 6.54 Å². The lowest BCUT2D eigenvalue weighted by Gasteiger charge is -2.23. The second kappa shape index (κ2) is 6.48. The fourth-order valence-electron chi connectivity index (χ4n) is 2.11. The Hall–Kier alpha value is -0.680. The van der Waals surface area contributed by atoms with Crippen LogP contribution in [-0.2, 0) is 11.3 Å². The summed E-state index contributed by atoms with van der Waals surface area (Å²) in [4.78, 5) is 2.07. The van der Waals surface area contributed by atoms with Crippen molar-refractivity contribution in [3.05, 3.63) is 34.6 Å². The normalized spacial score (nSPS) is 21.8. The second-order valence-corrected chi connectivity index (χ2v) is 4.97. The average Bonchev–Trinajstić information content (AvgIpc) is 2.59. The van der Waals surface area contributed by atoms with Crippen LogP contribution in [0.25, 0.3) is 0 Å². The van der Waals surface area contributed by atoms with Crippen molar-refractivity contribution >= 4 is 11.6 Å². The first-order valence-corrected chi connectivity index (χ1v) is 6.42. The maximum absolute atomic E-state index is 13.7. The predicted molar refractivity (Wildman–Crippen MR) is 68.1 cm³/mol. The number of hydrogen-bond acceptors (Lipinski definition) is 3. The Kier molecular flexibility index (Phi) is 4.95. The number of hydrogen-bond donors (Lipinski definition) is 1. The zero-order valence-electron chi connectivity index (χ0n) is 10.1. The second-order valence-electron chi connectivity index (χ2n) is 4.56. The highest BCUT2D eigenvalue weighted by Crippen LogP contribution is 2.21. The molecule has 1 aliphatic heterocycles. The van der Waals surface area contributed by atoms with Gasteiger partial charge in [-0.3, -0.25) is 4.90 Å². The summed E-state index contributed by atoms with van der Waals surface area (Å²) in [6.45, 7) is 3.11. The number of benzene rings is 1. The first-order chi connectivity index (χ1) is 8.70. The van der Waals surface area contributed by atoms with E-state index in [4.69, 9.17) is 16.3 Å². The Labute approximate surface area is 111 Å². The van der Waals surface area contributed by atoms with Crippen molar-refractivity contribution in [1.29, 1.82) is 0 Å². The van der Waals surface area contributed by atoms with E-state index < -0.39 is 0 Å². The molecule has 1 heterocycles. The zero-order chi connectivity index (χ0) is 13.0. The molecule has 0 radical (unpaired) electrons. The van der Waals surface area contributed by atoms with E-state index in [1.165, 1.54) is 6.07 Å². The molecule has 2 rings (SSSR count). The molecule has 1 fully saturated rings. The highest BCUT2D eigenvalue weighted by molar-refractivity contribution is 6.31. The summed E-state index contributed by atoms with van der Waals surface area (Å²) in [6.07, 6.45) is 0. The molecule has 0 amide bonds.